The number of rotatable bonds is 0. The Morgan fingerprint density at radius 3 is 2.32 bits per heavy atom. The van der Waals surface area contributed by atoms with Gasteiger partial charge >= 0.3 is 6.09 Å². The Morgan fingerprint density at radius 1 is 1.21 bits per heavy atom. The van der Waals surface area contributed by atoms with E-state index in [9.17, 15) is 4.79 Å². The van der Waals surface area contributed by atoms with Crippen molar-refractivity contribution >= 4 is 6.09 Å². The lowest BCUT2D eigenvalue weighted by molar-refractivity contribution is 0.0264. The van der Waals surface area contributed by atoms with E-state index in [0.29, 0.717) is 5.41 Å². The fourth-order valence-electron chi connectivity index (χ4n) is 2.78. The van der Waals surface area contributed by atoms with Crippen molar-refractivity contribution in [2.75, 3.05) is 26.2 Å². The van der Waals surface area contributed by atoms with Gasteiger partial charge in [0.2, 0.25) is 0 Å². The molecule has 19 heavy (non-hydrogen) atoms. The second-order valence-electron chi connectivity index (χ2n) is 6.40. The molecule has 0 aromatic carbocycles. The van der Waals surface area contributed by atoms with Gasteiger partial charge in [0.25, 0.3) is 0 Å². The highest BCUT2D eigenvalue weighted by Gasteiger charge is 2.41. The van der Waals surface area contributed by atoms with E-state index in [-0.39, 0.29) is 11.7 Å². The average Bonchev–Trinajstić information content (AvgIpc) is 2.75. The van der Waals surface area contributed by atoms with Crippen LogP contribution < -0.4 is 5.32 Å². The van der Waals surface area contributed by atoms with Crippen LogP contribution >= 0.6 is 0 Å². The molecule has 2 saturated heterocycles. The molecule has 2 heterocycles. The third-order valence-corrected chi connectivity index (χ3v) is 3.75. The van der Waals surface area contributed by atoms with Gasteiger partial charge in [0.05, 0.1) is 0 Å². The molecule has 0 aromatic rings. The molecule has 2 aliphatic rings. The van der Waals surface area contributed by atoms with Gasteiger partial charge in [-0.3, -0.25) is 0 Å². The SMILES string of the molecule is C=C.CC(C)(C)OC(=O)N1CCC2(CCNCC2)C1. The number of amides is 1. The molecule has 0 bridgehead atoms. The standard InChI is InChI=1S/C13H24N2O2.C2H4/c1-12(2,3)17-11(16)15-9-6-13(10-15)4-7-14-8-5-13;1-2/h14H,4-10H2,1-3H3;1-2H2. The van der Waals surface area contributed by atoms with E-state index in [1.807, 2.05) is 25.7 Å². The highest BCUT2D eigenvalue weighted by atomic mass is 16.6. The summed E-state index contributed by atoms with van der Waals surface area (Å²) in [5.41, 5.74) is -0.0247. The summed E-state index contributed by atoms with van der Waals surface area (Å²) in [5.74, 6) is 0. The number of nitrogens with zero attached hydrogens (tertiary/aromatic N) is 1. The van der Waals surface area contributed by atoms with E-state index in [2.05, 4.69) is 18.5 Å². The number of nitrogens with one attached hydrogen (secondary N) is 1. The first-order valence-electron chi connectivity index (χ1n) is 7.09. The van der Waals surface area contributed by atoms with Crippen LogP contribution in [-0.2, 0) is 4.74 Å². The third-order valence-electron chi connectivity index (χ3n) is 3.75. The summed E-state index contributed by atoms with van der Waals surface area (Å²) in [6, 6.07) is 0. The smallest absolute Gasteiger partial charge is 0.410 e. The summed E-state index contributed by atoms with van der Waals surface area (Å²) in [7, 11) is 0. The Balaban J connectivity index is 0.000000861. The quantitative estimate of drug-likeness (QED) is 0.687. The van der Waals surface area contributed by atoms with Gasteiger partial charge in [-0.15, -0.1) is 13.2 Å². The molecule has 0 radical (unpaired) electrons. The van der Waals surface area contributed by atoms with Gasteiger partial charge < -0.3 is 15.0 Å². The van der Waals surface area contributed by atoms with E-state index in [4.69, 9.17) is 4.74 Å². The zero-order chi connectivity index (χ0) is 14.5. The number of carbonyl (C=O) groups is 1. The van der Waals surface area contributed by atoms with Crippen molar-refractivity contribution in [3.8, 4) is 0 Å². The molecule has 1 N–H and O–H groups in total. The van der Waals surface area contributed by atoms with Gasteiger partial charge in [-0.2, -0.15) is 0 Å². The van der Waals surface area contributed by atoms with Crippen LogP contribution in [-0.4, -0.2) is 42.8 Å². The van der Waals surface area contributed by atoms with Crippen molar-refractivity contribution in [3.63, 3.8) is 0 Å². The first kappa shape index (κ1) is 16.0. The second kappa shape index (κ2) is 6.42. The third kappa shape index (κ3) is 4.53. The maximum atomic E-state index is 12.0. The molecule has 0 unspecified atom stereocenters. The van der Waals surface area contributed by atoms with E-state index >= 15 is 0 Å². The molecule has 2 fully saturated rings. The number of likely N-dealkylation sites (tertiary alicyclic amines) is 1. The molecule has 4 nitrogen and oxygen atoms in total. The summed E-state index contributed by atoms with van der Waals surface area (Å²) < 4.78 is 5.43. The van der Waals surface area contributed by atoms with Crippen molar-refractivity contribution < 1.29 is 9.53 Å². The van der Waals surface area contributed by atoms with Gasteiger partial charge in [0, 0.05) is 13.1 Å². The van der Waals surface area contributed by atoms with Crippen molar-refractivity contribution in [2.24, 2.45) is 5.41 Å². The minimum atomic E-state index is -0.388. The molecule has 0 aliphatic carbocycles. The van der Waals surface area contributed by atoms with Crippen LogP contribution in [0.3, 0.4) is 0 Å². The van der Waals surface area contributed by atoms with Gasteiger partial charge in [0.1, 0.15) is 5.60 Å². The van der Waals surface area contributed by atoms with E-state index in [1.165, 1.54) is 12.8 Å². The Kier molecular flexibility index (Phi) is 5.41. The molecular weight excluding hydrogens is 240 g/mol. The van der Waals surface area contributed by atoms with Crippen LogP contribution in [0.4, 0.5) is 4.79 Å². The summed E-state index contributed by atoms with van der Waals surface area (Å²) in [6.07, 6.45) is 3.36. The lowest BCUT2D eigenvalue weighted by Gasteiger charge is -2.33. The predicted octanol–water partition coefficient (Wildman–Crippen LogP) is 2.80. The first-order chi connectivity index (χ1) is 8.90. The van der Waals surface area contributed by atoms with Crippen LogP contribution in [0.25, 0.3) is 0 Å². The number of hydrogen-bond acceptors (Lipinski definition) is 3. The fourth-order valence-corrected chi connectivity index (χ4v) is 2.78. The van der Waals surface area contributed by atoms with Crippen LogP contribution in [0.5, 0.6) is 0 Å². The number of ether oxygens (including phenoxy) is 1. The lowest BCUT2D eigenvalue weighted by Crippen LogP contribution is -2.41. The lowest BCUT2D eigenvalue weighted by atomic mass is 9.78. The topological polar surface area (TPSA) is 41.6 Å². The summed E-state index contributed by atoms with van der Waals surface area (Å²) in [4.78, 5) is 13.9. The molecule has 0 aromatic heterocycles. The molecule has 1 amide bonds. The Morgan fingerprint density at radius 2 is 1.79 bits per heavy atom. The second-order valence-corrected chi connectivity index (χ2v) is 6.40. The molecule has 2 aliphatic heterocycles. The van der Waals surface area contributed by atoms with Gasteiger partial charge in [-0.1, -0.05) is 0 Å². The van der Waals surface area contributed by atoms with Crippen molar-refractivity contribution in [1.82, 2.24) is 10.2 Å². The average molecular weight is 268 g/mol. The summed E-state index contributed by atoms with van der Waals surface area (Å²) in [6.45, 7) is 15.7. The fraction of sp³-hybridized carbons (Fsp3) is 0.800. The van der Waals surface area contributed by atoms with Gasteiger partial charge in [-0.05, 0) is 58.5 Å². The molecule has 4 heteroatoms. The highest BCUT2D eigenvalue weighted by molar-refractivity contribution is 5.68. The monoisotopic (exact) mass is 268 g/mol. The number of carbonyl (C=O) groups excluding carboxylic acids is 1. The molecule has 110 valence electrons. The minimum absolute atomic E-state index is 0.145. The molecule has 0 saturated carbocycles. The van der Waals surface area contributed by atoms with Crippen LogP contribution in [0, 0.1) is 5.41 Å². The Bertz CT molecular complexity index is 304. The zero-order valence-electron chi connectivity index (χ0n) is 12.6. The van der Waals surface area contributed by atoms with Crippen LogP contribution in [0.1, 0.15) is 40.0 Å². The molecule has 1 spiro atoms. The van der Waals surface area contributed by atoms with Crippen LogP contribution in [0.15, 0.2) is 13.2 Å². The van der Waals surface area contributed by atoms with E-state index in [0.717, 1.165) is 32.6 Å². The van der Waals surface area contributed by atoms with Crippen molar-refractivity contribution in [2.45, 2.75) is 45.6 Å². The maximum Gasteiger partial charge on any atom is 0.410 e. The van der Waals surface area contributed by atoms with Crippen molar-refractivity contribution in [3.05, 3.63) is 13.2 Å². The van der Waals surface area contributed by atoms with Gasteiger partial charge in [-0.25, -0.2) is 4.79 Å². The zero-order valence-corrected chi connectivity index (χ0v) is 12.6. The Labute approximate surface area is 117 Å². The molecule has 2 rings (SSSR count). The first-order valence-corrected chi connectivity index (χ1v) is 7.09. The largest absolute Gasteiger partial charge is 0.444 e. The molecular formula is C15H28N2O2. The van der Waals surface area contributed by atoms with Gasteiger partial charge in [0.15, 0.2) is 0 Å². The van der Waals surface area contributed by atoms with E-state index < -0.39 is 0 Å². The normalized spacial score (nSPS) is 21.7. The highest BCUT2D eigenvalue weighted by Crippen LogP contribution is 2.38. The maximum absolute atomic E-state index is 12.0. The summed E-state index contributed by atoms with van der Waals surface area (Å²) in [5, 5.41) is 3.38. The van der Waals surface area contributed by atoms with Crippen LogP contribution in [0.2, 0.25) is 0 Å². The number of piperidine rings is 1. The number of hydrogen-bond donors (Lipinski definition) is 1. The Hall–Kier alpha value is -1.03. The minimum Gasteiger partial charge on any atom is -0.444 e. The predicted molar refractivity (Wildman–Crippen MR) is 78.2 cm³/mol. The van der Waals surface area contributed by atoms with E-state index in [1.54, 1.807) is 0 Å². The summed E-state index contributed by atoms with van der Waals surface area (Å²) >= 11 is 0. The molecule has 0 atom stereocenters. The van der Waals surface area contributed by atoms with Crippen molar-refractivity contribution in [1.29, 1.82) is 0 Å².